The molecule has 2 heterocycles. The number of hydrogen-bond acceptors (Lipinski definition) is 4. The number of hydrogen-bond donors (Lipinski definition) is 2. The van der Waals surface area contributed by atoms with Crippen LogP contribution in [0, 0.1) is 5.95 Å². The van der Waals surface area contributed by atoms with Crippen molar-refractivity contribution in [2.24, 2.45) is 0 Å². The van der Waals surface area contributed by atoms with E-state index in [0.29, 0.717) is 16.8 Å². The molecule has 2 aliphatic rings. The predicted octanol–water partition coefficient (Wildman–Crippen LogP) is 2.90. The fraction of sp³-hybridized carbons (Fsp3) is 0.462. The van der Waals surface area contributed by atoms with Crippen LogP contribution in [-0.2, 0) is 9.59 Å². The fourth-order valence-electron chi connectivity index (χ4n) is 4.43. The zero-order valence-electron chi connectivity index (χ0n) is 20.6. The number of rotatable bonds is 7. The Balaban J connectivity index is 1.55. The molecule has 4 atom stereocenters. The van der Waals surface area contributed by atoms with E-state index in [4.69, 9.17) is 0 Å². The van der Waals surface area contributed by atoms with Gasteiger partial charge in [0.25, 0.3) is 0 Å². The van der Waals surface area contributed by atoms with Gasteiger partial charge in [0, 0.05) is 26.1 Å². The molecular formula is C26H31F2N5O3. The lowest BCUT2D eigenvalue weighted by Crippen LogP contribution is -2.54. The van der Waals surface area contributed by atoms with E-state index < -0.39 is 48.1 Å². The van der Waals surface area contributed by atoms with E-state index in [9.17, 15) is 23.2 Å². The number of pyridine rings is 1. The zero-order chi connectivity index (χ0) is 26.0. The van der Waals surface area contributed by atoms with Crippen LogP contribution < -0.4 is 10.6 Å². The summed E-state index contributed by atoms with van der Waals surface area (Å²) in [4.78, 5) is 45.0. The summed E-state index contributed by atoms with van der Waals surface area (Å²) >= 11 is 0. The first-order chi connectivity index (χ1) is 17.2. The van der Waals surface area contributed by atoms with Gasteiger partial charge in [0.05, 0.1) is 18.3 Å². The first kappa shape index (κ1) is 25.5. The Labute approximate surface area is 209 Å². The van der Waals surface area contributed by atoms with E-state index in [1.54, 1.807) is 36.4 Å². The largest absolute Gasteiger partial charge is 0.342 e. The van der Waals surface area contributed by atoms with Gasteiger partial charge in [-0.25, -0.2) is 14.2 Å². The first-order valence-electron chi connectivity index (χ1n) is 12.1. The quantitative estimate of drug-likeness (QED) is 0.573. The minimum atomic E-state index is -1.38. The Hall–Kier alpha value is -3.56. The van der Waals surface area contributed by atoms with Gasteiger partial charge >= 0.3 is 6.03 Å². The highest BCUT2D eigenvalue weighted by Crippen LogP contribution is 2.41. The molecule has 1 aliphatic carbocycles. The summed E-state index contributed by atoms with van der Waals surface area (Å²) in [5, 5.41) is 5.40. The predicted molar refractivity (Wildman–Crippen MR) is 129 cm³/mol. The standard InChI is InChI=1S/C26H31F2N5O3/c1-15(29-26(36)32(2)3)25(35)33-14-18(27)13-21(33)24(34)31-22(17-7-5-4-6-8-17)20-12-11-19(16-9-10-16)23(28)30-20/h4-8,11-12,15-16,18,21-22H,9-10,13-14H2,1-3H3,(H,29,36)(H,31,34). The normalized spacial score (nSPS) is 21.0. The highest BCUT2D eigenvalue weighted by molar-refractivity contribution is 5.92. The number of benzene rings is 1. The molecule has 2 N–H and O–H groups in total. The van der Waals surface area contributed by atoms with Crippen molar-refractivity contribution in [3.63, 3.8) is 0 Å². The van der Waals surface area contributed by atoms with Crippen molar-refractivity contribution in [3.05, 3.63) is 65.2 Å². The molecule has 8 nitrogen and oxygen atoms in total. The van der Waals surface area contributed by atoms with Crippen molar-refractivity contribution in [3.8, 4) is 0 Å². The van der Waals surface area contributed by atoms with E-state index in [0.717, 1.165) is 17.7 Å². The second-order valence-electron chi connectivity index (χ2n) is 9.65. The molecule has 36 heavy (non-hydrogen) atoms. The Morgan fingerprint density at radius 2 is 1.78 bits per heavy atom. The third kappa shape index (κ3) is 5.63. The number of nitrogens with one attached hydrogen (secondary N) is 2. The van der Waals surface area contributed by atoms with Crippen LogP contribution in [0.3, 0.4) is 0 Å². The lowest BCUT2D eigenvalue weighted by Gasteiger charge is -2.29. The van der Waals surface area contributed by atoms with E-state index in [-0.39, 0.29) is 18.9 Å². The Kier molecular flexibility index (Phi) is 7.51. The van der Waals surface area contributed by atoms with Crippen LogP contribution in [0.15, 0.2) is 42.5 Å². The number of alkyl halides is 1. The van der Waals surface area contributed by atoms with Crippen LogP contribution >= 0.6 is 0 Å². The minimum Gasteiger partial charge on any atom is -0.342 e. The first-order valence-corrected chi connectivity index (χ1v) is 12.1. The van der Waals surface area contributed by atoms with E-state index in [1.807, 2.05) is 6.07 Å². The lowest BCUT2D eigenvalue weighted by molar-refractivity contribution is -0.139. The summed E-state index contributed by atoms with van der Waals surface area (Å²) in [7, 11) is 3.07. The summed E-state index contributed by atoms with van der Waals surface area (Å²) in [5.74, 6) is -1.50. The lowest BCUT2D eigenvalue weighted by atomic mass is 10.0. The number of likely N-dealkylation sites (tertiary alicyclic amines) is 1. The molecule has 1 aromatic carbocycles. The second-order valence-corrected chi connectivity index (χ2v) is 9.65. The van der Waals surface area contributed by atoms with E-state index in [1.165, 1.54) is 25.9 Å². The maximum atomic E-state index is 14.8. The molecular weight excluding hydrogens is 468 g/mol. The van der Waals surface area contributed by atoms with Gasteiger partial charge < -0.3 is 20.4 Å². The van der Waals surface area contributed by atoms with Gasteiger partial charge in [0.1, 0.15) is 18.3 Å². The number of nitrogens with zero attached hydrogens (tertiary/aromatic N) is 3. The summed E-state index contributed by atoms with van der Waals surface area (Å²) in [6, 6.07) is 9.09. The third-order valence-electron chi connectivity index (χ3n) is 6.58. The van der Waals surface area contributed by atoms with Gasteiger partial charge in [-0.3, -0.25) is 9.59 Å². The Bertz CT molecular complexity index is 1130. The average Bonchev–Trinajstić information content (AvgIpc) is 3.62. The van der Waals surface area contributed by atoms with Gasteiger partial charge in [-0.15, -0.1) is 0 Å². The van der Waals surface area contributed by atoms with Crippen LogP contribution in [-0.4, -0.2) is 71.5 Å². The molecule has 0 bridgehead atoms. The van der Waals surface area contributed by atoms with E-state index >= 15 is 0 Å². The number of carbonyl (C=O) groups excluding carboxylic acids is 3. The maximum absolute atomic E-state index is 14.8. The zero-order valence-corrected chi connectivity index (χ0v) is 20.6. The number of urea groups is 1. The van der Waals surface area contributed by atoms with Gasteiger partial charge in [-0.05, 0) is 37.3 Å². The fourth-order valence-corrected chi connectivity index (χ4v) is 4.43. The van der Waals surface area contributed by atoms with Gasteiger partial charge in [-0.1, -0.05) is 36.4 Å². The molecule has 4 rings (SSSR count). The molecule has 1 saturated carbocycles. The summed E-state index contributed by atoms with van der Waals surface area (Å²) in [6.07, 6.45) is 0.306. The smallest absolute Gasteiger partial charge is 0.317 e. The molecule has 1 aliphatic heterocycles. The Morgan fingerprint density at radius 3 is 2.39 bits per heavy atom. The molecule has 192 valence electrons. The number of halogens is 2. The summed E-state index contributed by atoms with van der Waals surface area (Å²) < 4.78 is 29.2. The average molecular weight is 500 g/mol. The van der Waals surface area contributed by atoms with Gasteiger partial charge in [0.15, 0.2) is 0 Å². The van der Waals surface area contributed by atoms with Crippen molar-refractivity contribution in [2.45, 2.75) is 56.4 Å². The molecule has 1 aromatic heterocycles. The molecule has 1 saturated heterocycles. The molecule has 0 spiro atoms. The number of amides is 4. The van der Waals surface area contributed by atoms with Crippen molar-refractivity contribution in [2.75, 3.05) is 20.6 Å². The SMILES string of the molecule is CC(NC(=O)N(C)C)C(=O)N1CC(F)CC1C(=O)NC(c1ccccc1)c1ccc(C2CC2)c(F)n1. The molecule has 4 amide bonds. The van der Waals surface area contributed by atoms with Crippen molar-refractivity contribution in [1.29, 1.82) is 0 Å². The van der Waals surface area contributed by atoms with Crippen molar-refractivity contribution >= 4 is 17.8 Å². The van der Waals surface area contributed by atoms with E-state index in [2.05, 4.69) is 15.6 Å². The maximum Gasteiger partial charge on any atom is 0.317 e. The van der Waals surface area contributed by atoms with Gasteiger partial charge in [0.2, 0.25) is 17.8 Å². The van der Waals surface area contributed by atoms with Gasteiger partial charge in [-0.2, -0.15) is 4.39 Å². The molecule has 2 aromatic rings. The molecule has 2 fully saturated rings. The summed E-state index contributed by atoms with van der Waals surface area (Å²) in [5.41, 5.74) is 1.56. The molecule has 10 heteroatoms. The number of carbonyl (C=O) groups is 3. The van der Waals surface area contributed by atoms with Crippen LogP contribution in [0.4, 0.5) is 13.6 Å². The highest BCUT2D eigenvalue weighted by atomic mass is 19.1. The van der Waals surface area contributed by atoms with Crippen LogP contribution in [0.1, 0.15) is 55.0 Å². The Morgan fingerprint density at radius 1 is 1.08 bits per heavy atom. The second kappa shape index (κ2) is 10.6. The number of aromatic nitrogens is 1. The topological polar surface area (TPSA) is 94.6 Å². The molecule has 0 radical (unpaired) electrons. The van der Waals surface area contributed by atoms with Crippen LogP contribution in [0.2, 0.25) is 0 Å². The van der Waals surface area contributed by atoms with Crippen LogP contribution in [0.5, 0.6) is 0 Å². The minimum absolute atomic E-state index is 0.171. The summed E-state index contributed by atoms with van der Waals surface area (Å²) in [6.45, 7) is 1.24. The van der Waals surface area contributed by atoms with Crippen molar-refractivity contribution in [1.82, 2.24) is 25.4 Å². The highest BCUT2D eigenvalue weighted by Gasteiger charge is 2.42. The monoisotopic (exact) mass is 499 g/mol. The third-order valence-corrected chi connectivity index (χ3v) is 6.58. The van der Waals surface area contributed by atoms with Crippen LogP contribution in [0.25, 0.3) is 0 Å². The molecule has 4 unspecified atom stereocenters. The van der Waals surface area contributed by atoms with Crippen molar-refractivity contribution < 1.29 is 23.2 Å².